The van der Waals surface area contributed by atoms with Gasteiger partial charge in [0, 0.05) is 6.54 Å². The van der Waals surface area contributed by atoms with Crippen LogP contribution in [0.1, 0.15) is 31.9 Å². The van der Waals surface area contributed by atoms with Crippen LogP contribution >= 0.6 is 0 Å². The minimum Gasteiger partial charge on any atom is -0.366 e. The normalized spacial score (nSPS) is 12.5. The van der Waals surface area contributed by atoms with Gasteiger partial charge in [-0.2, -0.15) is 0 Å². The Morgan fingerprint density at radius 2 is 1.91 bits per heavy atom. The number of hydrogen-bond acceptors (Lipinski definition) is 2. The van der Waals surface area contributed by atoms with Crippen LogP contribution in [0.3, 0.4) is 0 Å². The van der Waals surface area contributed by atoms with Crippen LogP contribution in [0, 0.1) is 6.92 Å². The quantitative estimate of drug-likeness (QED) is 0.549. The molecule has 116 valence electrons. The highest BCUT2D eigenvalue weighted by atomic mass is 15.0. The number of aliphatic imine (C=N–C) groups is 1. The zero-order valence-corrected chi connectivity index (χ0v) is 14.1. The maximum Gasteiger partial charge on any atom is 0.119 e. The van der Waals surface area contributed by atoms with E-state index < -0.39 is 0 Å². The number of allylic oxidation sites excluding steroid dienone is 5. The summed E-state index contributed by atoms with van der Waals surface area (Å²) in [5.41, 5.74) is 5.41. The minimum atomic E-state index is 0.650. The minimum absolute atomic E-state index is 0.650. The summed E-state index contributed by atoms with van der Waals surface area (Å²) in [6, 6.07) is 8.30. The van der Waals surface area contributed by atoms with Crippen molar-refractivity contribution in [2.45, 2.75) is 34.2 Å². The average Bonchev–Trinajstić information content (AvgIpc) is 2.47. The molecule has 2 heteroatoms. The number of nitrogens with one attached hydrogen (secondary N) is 1. The average molecular weight is 294 g/mol. The molecule has 1 rings (SSSR count). The molecule has 0 atom stereocenters. The molecule has 0 amide bonds. The van der Waals surface area contributed by atoms with E-state index in [2.05, 4.69) is 42.5 Å². The van der Waals surface area contributed by atoms with Crippen LogP contribution in [-0.4, -0.2) is 5.71 Å². The van der Waals surface area contributed by atoms with Crippen LogP contribution < -0.4 is 5.32 Å². The third-order valence-corrected chi connectivity index (χ3v) is 3.35. The summed E-state index contributed by atoms with van der Waals surface area (Å²) >= 11 is 0. The molecule has 0 aliphatic carbocycles. The molecule has 1 aromatic rings. The summed E-state index contributed by atoms with van der Waals surface area (Å²) in [4.78, 5) is 4.60. The van der Waals surface area contributed by atoms with E-state index in [1.807, 2.05) is 51.1 Å². The van der Waals surface area contributed by atoms with E-state index in [1.165, 1.54) is 11.1 Å². The molecule has 0 saturated carbocycles. The maximum absolute atomic E-state index is 4.60. The van der Waals surface area contributed by atoms with Gasteiger partial charge in [-0.25, -0.2) is 4.99 Å². The number of hydrogen-bond donors (Lipinski definition) is 1. The molecule has 0 aromatic heterocycles. The highest BCUT2D eigenvalue weighted by molar-refractivity contribution is 6.11. The topological polar surface area (TPSA) is 24.4 Å². The SMILES string of the molecule is C=C(/N=C(/C=C\C)C(=C/C)\C(=C)C)NCc1ccccc1C. The summed E-state index contributed by atoms with van der Waals surface area (Å²) < 4.78 is 0. The van der Waals surface area contributed by atoms with Crippen LogP contribution in [0.4, 0.5) is 0 Å². The van der Waals surface area contributed by atoms with E-state index >= 15 is 0 Å². The van der Waals surface area contributed by atoms with E-state index in [0.717, 1.165) is 23.4 Å². The molecular weight excluding hydrogens is 268 g/mol. The lowest BCUT2D eigenvalue weighted by atomic mass is 10.0. The fourth-order valence-electron chi connectivity index (χ4n) is 2.15. The smallest absolute Gasteiger partial charge is 0.119 e. The first-order valence-electron chi connectivity index (χ1n) is 7.50. The first-order chi connectivity index (χ1) is 10.5. The molecule has 0 aliphatic heterocycles. The van der Waals surface area contributed by atoms with Crippen LogP contribution in [0.2, 0.25) is 0 Å². The van der Waals surface area contributed by atoms with Crippen molar-refractivity contribution in [3.63, 3.8) is 0 Å². The van der Waals surface area contributed by atoms with E-state index in [-0.39, 0.29) is 0 Å². The molecule has 0 unspecified atom stereocenters. The van der Waals surface area contributed by atoms with Crippen molar-refractivity contribution in [3.8, 4) is 0 Å². The largest absolute Gasteiger partial charge is 0.366 e. The van der Waals surface area contributed by atoms with Gasteiger partial charge >= 0.3 is 0 Å². The Kier molecular flexibility index (Phi) is 7.11. The van der Waals surface area contributed by atoms with Crippen molar-refractivity contribution < 1.29 is 0 Å². The Balaban J connectivity index is 2.86. The molecule has 22 heavy (non-hydrogen) atoms. The van der Waals surface area contributed by atoms with Crippen molar-refractivity contribution in [2.24, 2.45) is 4.99 Å². The molecule has 2 nitrogen and oxygen atoms in total. The standard InChI is InChI=1S/C20H26N2/c1-7-11-20(19(8-2)15(3)4)22-17(6)21-14-18-13-10-9-12-16(18)5/h7-13,21H,3,6,14H2,1-2,4-5H3/b11-7-,19-8-,22-20-. The molecule has 0 spiro atoms. The lowest BCUT2D eigenvalue weighted by Gasteiger charge is -2.11. The second kappa shape index (κ2) is 8.83. The lowest BCUT2D eigenvalue weighted by Crippen LogP contribution is -2.13. The molecule has 0 fully saturated rings. The molecule has 0 heterocycles. The van der Waals surface area contributed by atoms with E-state index in [1.54, 1.807) is 0 Å². The highest BCUT2D eigenvalue weighted by Crippen LogP contribution is 2.12. The van der Waals surface area contributed by atoms with Crippen molar-refractivity contribution in [3.05, 3.63) is 83.7 Å². The Morgan fingerprint density at radius 1 is 1.23 bits per heavy atom. The molecule has 1 N–H and O–H groups in total. The van der Waals surface area contributed by atoms with Gasteiger partial charge in [0.15, 0.2) is 0 Å². The third kappa shape index (κ3) is 5.21. The Hall–Kier alpha value is -2.35. The van der Waals surface area contributed by atoms with Crippen LogP contribution in [0.25, 0.3) is 0 Å². The van der Waals surface area contributed by atoms with Crippen molar-refractivity contribution in [2.75, 3.05) is 0 Å². The maximum atomic E-state index is 4.60. The first kappa shape index (κ1) is 17.7. The van der Waals surface area contributed by atoms with Gasteiger partial charge in [0.25, 0.3) is 0 Å². The zero-order valence-electron chi connectivity index (χ0n) is 14.1. The molecule has 0 radical (unpaired) electrons. The second-order valence-corrected chi connectivity index (χ2v) is 5.21. The molecular formula is C20H26N2. The van der Waals surface area contributed by atoms with Crippen LogP contribution in [0.5, 0.6) is 0 Å². The summed E-state index contributed by atoms with van der Waals surface area (Å²) in [5.74, 6) is 0.650. The molecule has 1 aromatic carbocycles. The van der Waals surface area contributed by atoms with Crippen LogP contribution in [-0.2, 0) is 6.54 Å². The second-order valence-electron chi connectivity index (χ2n) is 5.21. The van der Waals surface area contributed by atoms with Crippen LogP contribution in [0.15, 0.2) is 77.6 Å². The van der Waals surface area contributed by atoms with Crippen molar-refractivity contribution in [1.29, 1.82) is 0 Å². The molecule has 0 aliphatic rings. The Morgan fingerprint density at radius 3 is 2.45 bits per heavy atom. The Labute approximate surface area is 134 Å². The van der Waals surface area contributed by atoms with E-state index in [0.29, 0.717) is 5.82 Å². The molecule has 0 saturated heterocycles. The summed E-state index contributed by atoms with van der Waals surface area (Å²) in [5, 5.41) is 3.27. The fraction of sp³-hybridized carbons (Fsp3) is 0.250. The van der Waals surface area contributed by atoms with Gasteiger partial charge in [0.05, 0.1) is 5.71 Å². The van der Waals surface area contributed by atoms with Gasteiger partial charge in [-0.1, -0.05) is 49.6 Å². The van der Waals surface area contributed by atoms with E-state index in [4.69, 9.17) is 0 Å². The number of benzene rings is 1. The highest BCUT2D eigenvalue weighted by Gasteiger charge is 2.05. The van der Waals surface area contributed by atoms with Gasteiger partial charge in [-0.3, -0.25) is 0 Å². The molecule has 0 bridgehead atoms. The van der Waals surface area contributed by atoms with Gasteiger partial charge < -0.3 is 5.32 Å². The van der Waals surface area contributed by atoms with E-state index in [9.17, 15) is 0 Å². The van der Waals surface area contributed by atoms with Crippen molar-refractivity contribution in [1.82, 2.24) is 5.32 Å². The van der Waals surface area contributed by atoms with Crippen molar-refractivity contribution >= 4 is 5.71 Å². The monoisotopic (exact) mass is 294 g/mol. The summed E-state index contributed by atoms with van der Waals surface area (Å²) in [6.07, 6.45) is 5.97. The third-order valence-electron chi connectivity index (χ3n) is 3.35. The van der Waals surface area contributed by atoms with Gasteiger partial charge in [-0.05, 0) is 56.0 Å². The summed E-state index contributed by atoms with van der Waals surface area (Å²) in [6.45, 7) is 16.8. The summed E-state index contributed by atoms with van der Waals surface area (Å²) in [7, 11) is 0. The first-order valence-corrected chi connectivity index (χ1v) is 7.50. The predicted molar refractivity (Wildman–Crippen MR) is 98.0 cm³/mol. The van der Waals surface area contributed by atoms with Gasteiger partial charge in [0.1, 0.15) is 5.82 Å². The number of nitrogens with zero attached hydrogens (tertiary/aromatic N) is 1. The lowest BCUT2D eigenvalue weighted by molar-refractivity contribution is 0.800. The zero-order chi connectivity index (χ0) is 16.5. The van der Waals surface area contributed by atoms with Gasteiger partial charge in [-0.15, -0.1) is 0 Å². The number of aryl methyl sites for hydroxylation is 1. The Bertz CT molecular complexity index is 631. The fourth-order valence-corrected chi connectivity index (χ4v) is 2.15. The van der Waals surface area contributed by atoms with Gasteiger partial charge in [0.2, 0.25) is 0 Å². The number of rotatable bonds is 7. The predicted octanol–water partition coefficient (Wildman–Crippen LogP) is 5.10.